The van der Waals surface area contributed by atoms with E-state index < -0.39 is 30.6 Å². The molecule has 0 heterocycles. The van der Waals surface area contributed by atoms with Crippen LogP contribution in [0.5, 0.6) is 0 Å². The van der Waals surface area contributed by atoms with Crippen molar-refractivity contribution in [2.24, 2.45) is 35.0 Å². The third-order valence-corrected chi connectivity index (χ3v) is 7.59. The monoisotopic (exact) mass is 401 g/mol. The van der Waals surface area contributed by atoms with Gasteiger partial charge in [-0.05, 0) is 74.5 Å². The molecular weight excluding hydrogens is 371 g/mol. The molecule has 1 amide bonds. The number of carbonyl (C=O) groups is 2. The van der Waals surface area contributed by atoms with Crippen molar-refractivity contribution in [2.45, 2.75) is 70.4 Å². The summed E-state index contributed by atoms with van der Waals surface area (Å²) in [6.45, 7) is -0.930. The van der Waals surface area contributed by atoms with Crippen molar-refractivity contribution in [3.8, 4) is 0 Å². The highest BCUT2D eigenvalue weighted by atomic mass is 19.4. The van der Waals surface area contributed by atoms with E-state index in [4.69, 9.17) is 0 Å². The molecule has 158 valence electrons. The van der Waals surface area contributed by atoms with Gasteiger partial charge in [-0.25, -0.2) is 0 Å². The average molecular weight is 401 g/mol. The molecule has 4 nitrogen and oxygen atoms in total. The van der Waals surface area contributed by atoms with Gasteiger partial charge >= 0.3 is 12.1 Å². The fourth-order valence-electron chi connectivity index (χ4n) is 6.90. The van der Waals surface area contributed by atoms with Gasteiger partial charge in [0.05, 0.1) is 11.8 Å². The van der Waals surface area contributed by atoms with Gasteiger partial charge < -0.3 is 10.1 Å². The first-order chi connectivity index (χ1) is 13.2. The highest BCUT2D eigenvalue weighted by Crippen LogP contribution is 2.59. The Balaban J connectivity index is 1.34. The van der Waals surface area contributed by atoms with E-state index in [1.807, 2.05) is 0 Å². The molecule has 0 spiro atoms. The molecule has 28 heavy (non-hydrogen) atoms. The molecule has 0 saturated heterocycles. The van der Waals surface area contributed by atoms with Gasteiger partial charge in [0.15, 0.2) is 6.61 Å². The molecule has 5 aliphatic rings. The number of alkyl halides is 3. The largest absolute Gasteiger partial charge is 0.456 e. The molecule has 5 saturated carbocycles. The van der Waals surface area contributed by atoms with Gasteiger partial charge in [-0.1, -0.05) is 12.8 Å². The molecule has 0 aromatic heterocycles. The van der Waals surface area contributed by atoms with Crippen LogP contribution in [0.2, 0.25) is 0 Å². The van der Waals surface area contributed by atoms with Gasteiger partial charge in [0.25, 0.3) is 0 Å². The van der Waals surface area contributed by atoms with E-state index in [0.717, 1.165) is 30.6 Å². The predicted octanol–water partition coefficient (Wildman–Crippen LogP) is 4.23. The molecule has 5 aliphatic carbocycles. The summed E-state index contributed by atoms with van der Waals surface area (Å²) in [5.41, 5.74) is 0.200. The van der Waals surface area contributed by atoms with Gasteiger partial charge in [-0.15, -0.1) is 0 Å². The standard InChI is InChI=1S/C21H30F3NO3/c22-21(23,24)12-28-19(27)17-4-2-1-3-16(17)18(26)25-11-20-8-13-5-14(9-20)7-15(6-13)10-20/h13-17H,1-12H2,(H,25,26)/t13?,14?,15?,16-,17-,20?/m1/s1. The molecule has 7 heteroatoms. The van der Waals surface area contributed by atoms with Crippen LogP contribution in [-0.4, -0.2) is 31.2 Å². The van der Waals surface area contributed by atoms with Crippen molar-refractivity contribution in [2.75, 3.05) is 13.2 Å². The van der Waals surface area contributed by atoms with Crippen LogP contribution in [0.3, 0.4) is 0 Å². The lowest BCUT2D eigenvalue weighted by Gasteiger charge is -2.57. The number of halogens is 3. The van der Waals surface area contributed by atoms with E-state index in [0.29, 0.717) is 19.4 Å². The normalized spacial score (nSPS) is 39.6. The van der Waals surface area contributed by atoms with Crippen LogP contribution in [-0.2, 0) is 14.3 Å². The number of hydrogen-bond donors (Lipinski definition) is 1. The number of hydrogen-bond acceptors (Lipinski definition) is 3. The summed E-state index contributed by atoms with van der Waals surface area (Å²) >= 11 is 0. The molecule has 0 aromatic carbocycles. The second kappa shape index (κ2) is 7.52. The third kappa shape index (κ3) is 4.33. The van der Waals surface area contributed by atoms with Crippen molar-refractivity contribution >= 4 is 11.9 Å². The molecule has 5 rings (SSSR count). The van der Waals surface area contributed by atoms with Crippen molar-refractivity contribution < 1.29 is 27.5 Å². The zero-order valence-corrected chi connectivity index (χ0v) is 16.2. The van der Waals surface area contributed by atoms with Crippen LogP contribution in [0.4, 0.5) is 13.2 Å². The topological polar surface area (TPSA) is 55.4 Å². The van der Waals surface area contributed by atoms with Gasteiger partial charge in [-0.3, -0.25) is 9.59 Å². The Morgan fingerprint density at radius 3 is 2.00 bits per heavy atom. The third-order valence-electron chi connectivity index (χ3n) is 7.59. The maximum absolute atomic E-state index is 12.9. The average Bonchev–Trinajstić information content (AvgIpc) is 2.62. The van der Waals surface area contributed by atoms with E-state index in [1.165, 1.54) is 38.5 Å². The first kappa shape index (κ1) is 20.0. The Kier molecular flexibility index (Phi) is 5.38. The molecule has 1 N–H and O–H groups in total. The second-order valence-electron chi connectivity index (χ2n) is 9.86. The Hall–Kier alpha value is -1.27. The number of carbonyl (C=O) groups excluding carboxylic acids is 2. The van der Waals surface area contributed by atoms with Crippen LogP contribution in [0.25, 0.3) is 0 Å². The minimum atomic E-state index is -4.54. The quantitative estimate of drug-likeness (QED) is 0.702. The van der Waals surface area contributed by atoms with Gasteiger partial charge in [0.1, 0.15) is 0 Å². The summed E-state index contributed by atoms with van der Waals surface area (Å²) in [4.78, 5) is 25.0. The van der Waals surface area contributed by atoms with E-state index in [2.05, 4.69) is 10.1 Å². The summed E-state index contributed by atoms with van der Waals surface area (Å²) in [5.74, 6) is 0.000949. The molecule has 0 radical (unpaired) electrons. The maximum atomic E-state index is 12.9. The second-order valence-corrected chi connectivity index (χ2v) is 9.86. The van der Waals surface area contributed by atoms with Crippen molar-refractivity contribution in [3.05, 3.63) is 0 Å². The Labute approximate surface area is 163 Å². The van der Waals surface area contributed by atoms with Gasteiger partial charge in [0, 0.05) is 6.54 Å². The van der Waals surface area contributed by atoms with E-state index in [-0.39, 0.29) is 11.3 Å². The van der Waals surface area contributed by atoms with Gasteiger partial charge in [-0.2, -0.15) is 13.2 Å². The summed E-state index contributed by atoms with van der Waals surface area (Å²) in [6.07, 6.45) is 5.53. The van der Waals surface area contributed by atoms with Crippen LogP contribution in [0.1, 0.15) is 64.2 Å². The molecule has 2 atom stereocenters. The summed E-state index contributed by atoms with van der Waals surface area (Å²) in [7, 11) is 0. The van der Waals surface area contributed by atoms with E-state index >= 15 is 0 Å². The maximum Gasteiger partial charge on any atom is 0.422 e. The number of amides is 1. The number of esters is 1. The van der Waals surface area contributed by atoms with Crippen molar-refractivity contribution in [1.82, 2.24) is 5.32 Å². The lowest BCUT2D eigenvalue weighted by atomic mass is 9.49. The van der Waals surface area contributed by atoms with Crippen LogP contribution >= 0.6 is 0 Å². The highest BCUT2D eigenvalue weighted by molar-refractivity contribution is 5.85. The molecule has 0 aliphatic heterocycles. The minimum Gasteiger partial charge on any atom is -0.456 e. The Morgan fingerprint density at radius 2 is 1.46 bits per heavy atom. The van der Waals surface area contributed by atoms with Crippen molar-refractivity contribution in [1.29, 1.82) is 0 Å². The van der Waals surface area contributed by atoms with Crippen LogP contribution < -0.4 is 5.32 Å². The van der Waals surface area contributed by atoms with E-state index in [9.17, 15) is 22.8 Å². The van der Waals surface area contributed by atoms with E-state index in [1.54, 1.807) is 0 Å². The molecular formula is C21H30F3NO3. The fraction of sp³-hybridized carbons (Fsp3) is 0.905. The number of ether oxygens (including phenoxy) is 1. The number of nitrogens with one attached hydrogen (secondary N) is 1. The summed E-state index contributed by atoms with van der Waals surface area (Å²) in [6, 6.07) is 0. The minimum absolute atomic E-state index is 0.176. The Morgan fingerprint density at radius 1 is 0.929 bits per heavy atom. The van der Waals surface area contributed by atoms with Crippen LogP contribution in [0.15, 0.2) is 0 Å². The predicted molar refractivity (Wildman–Crippen MR) is 96.1 cm³/mol. The summed E-state index contributed by atoms with van der Waals surface area (Å²) in [5, 5.41) is 3.10. The lowest BCUT2D eigenvalue weighted by molar-refractivity contribution is -0.191. The zero-order chi connectivity index (χ0) is 19.9. The van der Waals surface area contributed by atoms with Crippen LogP contribution in [0, 0.1) is 35.0 Å². The zero-order valence-electron chi connectivity index (χ0n) is 16.2. The summed E-state index contributed by atoms with van der Waals surface area (Å²) < 4.78 is 41.5. The number of rotatable bonds is 5. The molecule has 5 fully saturated rings. The first-order valence-electron chi connectivity index (χ1n) is 10.7. The molecule has 0 unspecified atom stereocenters. The molecule has 4 bridgehead atoms. The molecule has 0 aromatic rings. The Bertz CT molecular complexity index is 583. The smallest absolute Gasteiger partial charge is 0.422 e. The SMILES string of the molecule is O=C(NCC12CC3CC(CC(C3)C1)C2)[C@@H]1CCCC[C@H]1C(=O)OCC(F)(F)F. The first-order valence-corrected chi connectivity index (χ1v) is 10.7. The van der Waals surface area contributed by atoms with Crippen molar-refractivity contribution in [3.63, 3.8) is 0 Å². The highest BCUT2D eigenvalue weighted by Gasteiger charge is 2.51. The lowest BCUT2D eigenvalue weighted by Crippen LogP contribution is -2.52. The fourth-order valence-corrected chi connectivity index (χ4v) is 6.90. The van der Waals surface area contributed by atoms with Gasteiger partial charge in [0.2, 0.25) is 5.91 Å².